The molecule has 0 unspecified atom stereocenters. The van der Waals surface area contributed by atoms with Gasteiger partial charge in [-0.25, -0.2) is 8.42 Å². The highest BCUT2D eigenvalue weighted by molar-refractivity contribution is 7.92. The van der Waals surface area contributed by atoms with E-state index in [4.69, 9.17) is 21.1 Å². The molecule has 3 N–H and O–H groups in total. The summed E-state index contributed by atoms with van der Waals surface area (Å²) in [5.74, 6) is 0. The second-order valence-electron chi connectivity index (χ2n) is 11.7. The van der Waals surface area contributed by atoms with E-state index in [1.165, 1.54) is 0 Å². The van der Waals surface area contributed by atoms with Gasteiger partial charge in [0, 0.05) is 42.3 Å². The van der Waals surface area contributed by atoms with Gasteiger partial charge in [-0.1, -0.05) is 78.3 Å². The van der Waals surface area contributed by atoms with Gasteiger partial charge in [0.05, 0.1) is 29.3 Å². The smallest absolute Gasteiger partial charge is 0.261 e. The summed E-state index contributed by atoms with van der Waals surface area (Å²) in [6.07, 6.45) is 0.795. The van der Waals surface area contributed by atoms with Gasteiger partial charge in [0.2, 0.25) is 0 Å². The molecule has 2 aliphatic rings. The Morgan fingerprint density at radius 1 is 0.844 bits per heavy atom. The molecular weight excluding hydrogens is 612 g/mol. The van der Waals surface area contributed by atoms with E-state index in [-0.39, 0.29) is 23.7 Å². The summed E-state index contributed by atoms with van der Waals surface area (Å²) in [5.41, 5.74) is 3.03. The largest absolute Gasteiger partial charge is 0.392 e. The number of ether oxygens (including phenoxy) is 2. The third-order valence-electron chi connectivity index (χ3n) is 8.63. The Morgan fingerprint density at radius 2 is 1.49 bits per heavy atom. The number of benzene rings is 4. The second-order valence-corrected chi connectivity index (χ2v) is 13.8. The molecule has 0 saturated carbocycles. The topological polar surface area (TPSA) is 108 Å². The molecule has 8 nitrogen and oxygen atoms in total. The average Bonchev–Trinajstić information content (AvgIpc) is 3.07. The molecule has 2 aliphatic heterocycles. The Bertz CT molecular complexity index is 1660. The number of likely N-dealkylation sites (tertiary alicyclic amines) is 1. The van der Waals surface area contributed by atoms with Crippen molar-refractivity contribution in [3.8, 4) is 0 Å². The van der Waals surface area contributed by atoms with Gasteiger partial charge in [0.1, 0.15) is 0 Å². The van der Waals surface area contributed by atoms with Crippen molar-refractivity contribution in [2.45, 2.75) is 54.9 Å². The molecule has 10 heteroatoms. The van der Waals surface area contributed by atoms with Crippen molar-refractivity contribution in [3.05, 3.63) is 130 Å². The summed E-state index contributed by atoms with van der Waals surface area (Å²) in [6, 6.07) is 30.5. The van der Waals surface area contributed by atoms with Crippen LogP contribution in [0.25, 0.3) is 0 Å². The van der Waals surface area contributed by atoms with Crippen LogP contribution in [0.4, 0.5) is 5.69 Å². The van der Waals surface area contributed by atoms with Crippen molar-refractivity contribution in [2.24, 2.45) is 0 Å². The SMILES string of the molecule is O=S(=O)(Nc1ccc([C@H]2O[C@@H](CN3CCC(O)(c4ccc(Cl)cc4)CC3)C[C@@H](c3ccc(CO)cc3)O2)cc1)c1ccccc1. The Labute approximate surface area is 269 Å². The predicted octanol–water partition coefficient (Wildman–Crippen LogP) is 6.16. The number of hydrogen-bond acceptors (Lipinski definition) is 7. The maximum absolute atomic E-state index is 12.8. The number of sulfonamides is 1. The fraction of sp³-hybridized carbons (Fsp3) is 0.314. The Morgan fingerprint density at radius 3 is 2.13 bits per heavy atom. The first-order chi connectivity index (χ1) is 21.7. The van der Waals surface area contributed by atoms with Crippen LogP contribution in [-0.2, 0) is 31.7 Å². The number of nitrogens with one attached hydrogen (secondary N) is 1. The number of aliphatic hydroxyl groups excluding tert-OH is 1. The zero-order valence-corrected chi connectivity index (χ0v) is 26.3. The molecule has 2 fully saturated rings. The van der Waals surface area contributed by atoms with Crippen molar-refractivity contribution in [2.75, 3.05) is 24.4 Å². The first-order valence-corrected chi connectivity index (χ1v) is 17.0. The van der Waals surface area contributed by atoms with Crippen LogP contribution in [0, 0.1) is 0 Å². The lowest BCUT2D eigenvalue weighted by atomic mass is 9.84. The van der Waals surface area contributed by atoms with E-state index in [1.54, 1.807) is 42.5 Å². The number of nitrogens with zero attached hydrogens (tertiary/aromatic N) is 1. The van der Waals surface area contributed by atoms with E-state index in [9.17, 15) is 18.6 Å². The summed E-state index contributed by atoms with van der Waals surface area (Å²) in [5, 5.41) is 21.5. The standard InChI is InChI=1S/C35H37ClN2O6S/c36-29-14-12-28(13-15-29)35(40)18-20-38(21-19-35)23-31-22-33(26-8-6-25(24-39)7-9-26)44-34(43-31)27-10-16-30(17-11-27)37-45(41,42)32-4-2-1-3-5-32/h1-17,31,33-34,37,39-40H,18-24H2/t31-,33+,34+/m1/s1. The summed E-state index contributed by atoms with van der Waals surface area (Å²) < 4.78 is 41.2. The molecule has 0 aromatic heterocycles. The lowest BCUT2D eigenvalue weighted by Gasteiger charge is -2.42. The zero-order valence-electron chi connectivity index (χ0n) is 24.8. The lowest BCUT2D eigenvalue weighted by Crippen LogP contribution is -2.46. The van der Waals surface area contributed by atoms with Gasteiger partial charge in [-0.05, 0) is 65.9 Å². The fourth-order valence-corrected chi connectivity index (χ4v) is 7.20. The summed E-state index contributed by atoms with van der Waals surface area (Å²) in [4.78, 5) is 2.51. The van der Waals surface area contributed by atoms with Gasteiger partial charge in [-0.15, -0.1) is 0 Å². The minimum atomic E-state index is -3.71. The van der Waals surface area contributed by atoms with Crippen molar-refractivity contribution in [1.29, 1.82) is 0 Å². The van der Waals surface area contributed by atoms with Crippen LogP contribution in [0.5, 0.6) is 0 Å². The number of halogens is 1. The van der Waals surface area contributed by atoms with Gasteiger partial charge < -0.3 is 24.6 Å². The fourth-order valence-electron chi connectivity index (χ4n) is 6.00. The number of piperidine rings is 1. The highest BCUT2D eigenvalue weighted by atomic mass is 35.5. The van der Waals surface area contributed by atoms with Crippen LogP contribution in [0.2, 0.25) is 5.02 Å². The van der Waals surface area contributed by atoms with E-state index >= 15 is 0 Å². The number of hydrogen-bond donors (Lipinski definition) is 3. The monoisotopic (exact) mass is 648 g/mol. The van der Waals surface area contributed by atoms with Crippen LogP contribution in [0.15, 0.2) is 108 Å². The molecule has 4 aromatic rings. The Hall–Kier alpha value is -3.28. The normalized spacial score (nSPS) is 22.2. The molecule has 45 heavy (non-hydrogen) atoms. The highest BCUT2D eigenvalue weighted by Crippen LogP contribution is 2.40. The van der Waals surface area contributed by atoms with E-state index in [0.717, 1.165) is 35.3 Å². The van der Waals surface area contributed by atoms with E-state index in [0.29, 0.717) is 36.5 Å². The molecule has 2 heterocycles. The third kappa shape index (κ3) is 7.58. The minimum absolute atomic E-state index is 0.0299. The van der Waals surface area contributed by atoms with Gasteiger partial charge in [-0.3, -0.25) is 4.72 Å². The van der Waals surface area contributed by atoms with Gasteiger partial charge in [0.25, 0.3) is 10.0 Å². The maximum Gasteiger partial charge on any atom is 0.261 e. The third-order valence-corrected chi connectivity index (χ3v) is 10.3. The molecule has 0 radical (unpaired) electrons. The van der Waals surface area contributed by atoms with E-state index in [2.05, 4.69) is 9.62 Å². The van der Waals surface area contributed by atoms with Crippen LogP contribution in [-0.4, -0.2) is 49.3 Å². The molecule has 0 amide bonds. The van der Waals surface area contributed by atoms with E-state index < -0.39 is 21.9 Å². The average molecular weight is 649 g/mol. The number of rotatable bonds is 9. The molecule has 6 rings (SSSR count). The van der Waals surface area contributed by atoms with Crippen molar-refractivity contribution in [1.82, 2.24) is 4.90 Å². The van der Waals surface area contributed by atoms with Crippen molar-refractivity contribution >= 4 is 27.3 Å². The quantitative estimate of drug-likeness (QED) is 0.199. The van der Waals surface area contributed by atoms with Gasteiger partial charge in [0.15, 0.2) is 6.29 Å². The summed E-state index contributed by atoms with van der Waals surface area (Å²) in [7, 11) is -3.71. The molecule has 4 aromatic carbocycles. The summed E-state index contributed by atoms with van der Waals surface area (Å²) >= 11 is 6.06. The molecule has 236 valence electrons. The number of anilines is 1. The van der Waals surface area contributed by atoms with Crippen molar-refractivity contribution in [3.63, 3.8) is 0 Å². The van der Waals surface area contributed by atoms with E-state index in [1.807, 2.05) is 60.7 Å². The molecular formula is C35H37ClN2O6S. The maximum atomic E-state index is 12.8. The Balaban J connectivity index is 1.16. The first-order valence-electron chi connectivity index (χ1n) is 15.1. The summed E-state index contributed by atoms with van der Waals surface area (Å²) in [6.45, 7) is 2.09. The number of aliphatic hydroxyl groups is 2. The lowest BCUT2D eigenvalue weighted by molar-refractivity contribution is -0.253. The minimum Gasteiger partial charge on any atom is -0.392 e. The second kappa shape index (κ2) is 13.6. The first kappa shape index (κ1) is 31.7. The molecule has 2 saturated heterocycles. The van der Waals surface area contributed by atoms with Crippen molar-refractivity contribution < 1.29 is 28.1 Å². The van der Waals surface area contributed by atoms with Crippen LogP contribution in [0.1, 0.15) is 53.9 Å². The van der Waals surface area contributed by atoms with Gasteiger partial charge >= 0.3 is 0 Å². The van der Waals surface area contributed by atoms with Crippen LogP contribution < -0.4 is 4.72 Å². The molecule has 0 bridgehead atoms. The highest BCUT2D eigenvalue weighted by Gasteiger charge is 2.37. The van der Waals surface area contributed by atoms with Crippen LogP contribution >= 0.6 is 11.6 Å². The van der Waals surface area contributed by atoms with Crippen LogP contribution in [0.3, 0.4) is 0 Å². The zero-order chi connectivity index (χ0) is 31.4. The van der Waals surface area contributed by atoms with Gasteiger partial charge in [-0.2, -0.15) is 0 Å². The molecule has 0 aliphatic carbocycles. The molecule has 3 atom stereocenters. The molecule has 0 spiro atoms. The predicted molar refractivity (Wildman–Crippen MR) is 173 cm³/mol. The Kier molecular flexibility index (Phi) is 9.58.